The predicted molar refractivity (Wildman–Crippen MR) is 106 cm³/mol. The fourth-order valence-corrected chi connectivity index (χ4v) is 3.54. The van der Waals surface area contributed by atoms with E-state index in [2.05, 4.69) is 22.3 Å². The highest BCUT2D eigenvalue weighted by Gasteiger charge is 2.35. The predicted octanol–water partition coefficient (Wildman–Crippen LogP) is 3.26. The second kappa shape index (κ2) is 8.94. The SMILES string of the molecule is CCOc1ccccc1C1C(C(=O)OCCSCC)=C(C)Nc2ncnn21. The Labute approximate surface area is 163 Å². The molecule has 144 valence electrons. The zero-order valence-electron chi connectivity index (χ0n) is 15.8. The number of ether oxygens (including phenoxy) is 2. The summed E-state index contributed by atoms with van der Waals surface area (Å²) >= 11 is 1.74. The van der Waals surface area contributed by atoms with Crippen LogP contribution in [-0.4, -0.2) is 45.5 Å². The molecule has 0 fully saturated rings. The van der Waals surface area contributed by atoms with Crippen LogP contribution in [0.4, 0.5) is 5.95 Å². The molecule has 0 radical (unpaired) electrons. The first-order chi connectivity index (χ1) is 13.2. The number of nitrogens with zero attached hydrogens (tertiary/aromatic N) is 3. The summed E-state index contributed by atoms with van der Waals surface area (Å²) in [7, 11) is 0. The van der Waals surface area contributed by atoms with E-state index in [0.29, 0.717) is 36.2 Å². The minimum Gasteiger partial charge on any atom is -0.494 e. The topological polar surface area (TPSA) is 78.3 Å². The molecule has 7 nitrogen and oxygen atoms in total. The Hall–Kier alpha value is -2.48. The molecule has 1 aromatic heterocycles. The number of nitrogens with one attached hydrogen (secondary N) is 1. The van der Waals surface area contributed by atoms with Gasteiger partial charge >= 0.3 is 5.97 Å². The van der Waals surface area contributed by atoms with Gasteiger partial charge in [0, 0.05) is 17.0 Å². The molecule has 27 heavy (non-hydrogen) atoms. The van der Waals surface area contributed by atoms with Gasteiger partial charge in [0.15, 0.2) is 0 Å². The van der Waals surface area contributed by atoms with Gasteiger partial charge in [0.05, 0.1) is 12.2 Å². The van der Waals surface area contributed by atoms with E-state index >= 15 is 0 Å². The maximum absolute atomic E-state index is 12.9. The number of para-hydroxylation sites is 1. The highest BCUT2D eigenvalue weighted by Crippen LogP contribution is 2.39. The van der Waals surface area contributed by atoms with Crippen LogP contribution >= 0.6 is 11.8 Å². The summed E-state index contributed by atoms with van der Waals surface area (Å²) in [4.78, 5) is 17.2. The number of anilines is 1. The monoisotopic (exact) mass is 388 g/mol. The third-order valence-electron chi connectivity index (χ3n) is 4.19. The summed E-state index contributed by atoms with van der Waals surface area (Å²) in [6.45, 7) is 6.77. The van der Waals surface area contributed by atoms with Crippen molar-refractivity contribution in [2.75, 3.05) is 30.0 Å². The highest BCUT2D eigenvalue weighted by atomic mass is 32.2. The standard InChI is InChI=1S/C19H24N4O3S/c1-4-25-15-9-7-6-8-14(15)17-16(18(24)26-10-11-27-5-2)13(3)22-19-20-12-21-23(17)19/h6-9,12,17H,4-5,10-11H2,1-3H3,(H,20,21,22). The number of thioether (sulfide) groups is 1. The van der Waals surface area contributed by atoms with Crippen LogP contribution < -0.4 is 10.1 Å². The molecular weight excluding hydrogens is 364 g/mol. The summed E-state index contributed by atoms with van der Waals surface area (Å²) in [6.07, 6.45) is 1.47. The Morgan fingerprint density at radius 3 is 2.93 bits per heavy atom. The van der Waals surface area contributed by atoms with Crippen molar-refractivity contribution in [3.05, 3.63) is 47.4 Å². The van der Waals surface area contributed by atoms with Crippen LogP contribution in [0.2, 0.25) is 0 Å². The van der Waals surface area contributed by atoms with E-state index in [1.807, 2.05) is 38.1 Å². The van der Waals surface area contributed by atoms with Crippen LogP contribution in [0, 0.1) is 0 Å². The largest absolute Gasteiger partial charge is 0.494 e. The van der Waals surface area contributed by atoms with Gasteiger partial charge in [0.25, 0.3) is 0 Å². The fraction of sp³-hybridized carbons (Fsp3) is 0.421. The summed E-state index contributed by atoms with van der Waals surface area (Å²) in [6, 6.07) is 7.21. The van der Waals surface area contributed by atoms with E-state index in [4.69, 9.17) is 9.47 Å². The molecule has 1 aliphatic heterocycles. The first kappa shape index (κ1) is 19.3. The van der Waals surface area contributed by atoms with Gasteiger partial charge in [-0.25, -0.2) is 9.48 Å². The minimum atomic E-state index is -0.460. The Morgan fingerprint density at radius 1 is 1.33 bits per heavy atom. The van der Waals surface area contributed by atoms with Crippen molar-refractivity contribution in [1.82, 2.24) is 14.8 Å². The van der Waals surface area contributed by atoms with Gasteiger partial charge in [-0.15, -0.1) is 0 Å². The van der Waals surface area contributed by atoms with Crippen molar-refractivity contribution in [3.8, 4) is 5.75 Å². The quantitative estimate of drug-likeness (QED) is 0.549. The Morgan fingerprint density at radius 2 is 2.15 bits per heavy atom. The van der Waals surface area contributed by atoms with E-state index in [-0.39, 0.29) is 5.97 Å². The van der Waals surface area contributed by atoms with Crippen molar-refractivity contribution < 1.29 is 14.3 Å². The smallest absolute Gasteiger partial charge is 0.338 e. The number of carbonyl (C=O) groups excluding carboxylic acids is 1. The van der Waals surface area contributed by atoms with Gasteiger partial charge < -0.3 is 14.8 Å². The molecule has 0 bridgehead atoms. The van der Waals surface area contributed by atoms with Gasteiger partial charge in [-0.2, -0.15) is 21.8 Å². The van der Waals surface area contributed by atoms with Crippen LogP contribution in [0.3, 0.4) is 0 Å². The normalized spacial score (nSPS) is 15.9. The lowest BCUT2D eigenvalue weighted by atomic mass is 9.95. The first-order valence-electron chi connectivity index (χ1n) is 9.01. The van der Waals surface area contributed by atoms with Crippen molar-refractivity contribution in [2.24, 2.45) is 0 Å². The minimum absolute atomic E-state index is 0.353. The molecule has 1 atom stereocenters. The Balaban J connectivity index is 1.99. The van der Waals surface area contributed by atoms with E-state index < -0.39 is 6.04 Å². The molecule has 1 unspecified atom stereocenters. The average molecular weight is 388 g/mol. The molecule has 1 aromatic carbocycles. The van der Waals surface area contributed by atoms with Gasteiger partial charge in [-0.3, -0.25) is 0 Å². The van der Waals surface area contributed by atoms with Crippen molar-refractivity contribution in [2.45, 2.75) is 26.8 Å². The molecule has 3 rings (SSSR count). The number of fused-ring (bicyclic) bond motifs is 1. The summed E-state index contributed by atoms with van der Waals surface area (Å²) in [5.74, 6) is 2.72. The van der Waals surface area contributed by atoms with Crippen LogP contribution in [0.1, 0.15) is 32.4 Å². The van der Waals surface area contributed by atoms with E-state index in [1.54, 1.807) is 16.4 Å². The molecule has 0 aliphatic carbocycles. The maximum Gasteiger partial charge on any atom is 0.338 e. The van der Waals surface area contributed by atoms with Gasteiger partial charge in [0.1, 0.15) is 24.7 Å². The molecule has 8 heteroatoms. The lowest BCUT2D eigenvalue weighted by molar-refractivity contribution is -0.138. The number of rotatable bonds is 8. The summed E-state index contributed by atoms with van der Waals surface area (Å²) in [5.41, 5.74) is 2.07. The average Bonchev–Trinajstić information content (AvgIpc) is 3.13. The van der Waals surface area contributed by atoms with Crippen LogP contribution in [0.15, 0.2) is 41.9 Å². The molecule has 0 amide bonds. The number of carbonyl (C=O) groups is 1. The maximum atomic E-state index is 12.9. The van der Waals surface area contributed by atoms with Crippen LogP contribution in [-0.2, 0) is 9.53 Å². The van der Waals surface area contributed by atoms with Crippen LogP contribution in [0.5, 0.6) is 5.75 Å². The number of esters is 1. The second-order valence-electron chi connectivity index (χ2n) is 5.90. The Kier molecular flexibility index (Phi) is 6.39. The molecule has 1 aliphatic rings. The summed E-state index contributed by atoms with van der Waals surface area (Å²) in [5, 5.41) is 7.48. The van der Waals surface area contributed by atoms with Gasteiger partial charge in [0.2, 0.25) is 5.95 Å². The number of aromatic nitrogens is 3. The highest BCUT2D eigenvalue weighted by molar-refractivity contribution is 7.99. The molecule has 1 N–H and O–H groups in total. The fourth-order valence-electron chi connectivity index (χ4n) is 3.05. The molecule has 2 heterocycles. The van der Waals surface area contributed by atoms with Gasteiger partial charge in [-0.1, -0.05) is 25.1 Å². The third-order valence-corrected chi connectivity index (χ3v) is 5.06. The van der Waals surface area contributed by atoms with E-state index in [0.717, 1.165) is 17.1 Å². The van der Waals surface area contributed by atoms with Crippen LogP contribution in [0.25, 0.3) is 0 Å². The number of allylic oxidation sites excluding steroid dienone is 1. The lowest BCUT2D eigenvalue weighted by Gasteiger charge is -2.29. The summed E-state index contributed by atoms with van der Waals surface area (Å²) < 4.78 is 13.0. The Bertz CT molecular complexity index is 834. The van der Waals surface area contributed by atoms with Crippen molar-refractivity contribution >= 4 is 23.7 Å². The zero-order chi connectivity index (χ0) is 19.2. The second-order valence-corrected chi connectivity index (χ2v) is 7.29. The molecule has 2 aromatic rings. The number of hydrogen-bond acceptors (Lipinski definition) is 7. The van der Waals surface area contributed by atoms with E-state index in [1.165, 1.54) is 6.33 Å². The third kappa shape index (κ3) is 4.10. The lowest BCUT2D eigenvalue weighted by Crippen LogP contribution is -2.30. The molecular formula is C19H24N4O3S. The first-order valence-corrected chi connectivity index (χ1v) is 10.2. The van der Waals surface area contributed by atoms with Crippen molar-refractivity contribution in [1.29, 1.82) is 0 Å². The van der Waals surface area contributed by atoms with Gasteiger partial charge in [-0.05, 0) is 25.7 Å². The molecule has 0 saturated heterocycles. The molecule has 0 spiro atoms. The molecule has 0 saturated carbocycles. The zero-order valence-corrected chi connectivity index (χ0v) is 16.6. The van der Waals surface area contributed by atoms with E-state index in [9.17, 15) is 4.79 Å². The number of hydrogen-bond donors (Lipinski definition) is 1. The number of benzene rings is 1. The van der Waals surface area contributed by atoms with Crippen molar-refractivity contribution in [3.63, 3.8) is 0 Å².